The van der Waals surface area contributed by atoms with Crippen LogP contribution in [0.15, 0.2) is 54.6 Å². The van der Waals surface area contributed by atoms with E-state index in [4.69, 9.17) is 4.74 Å². The van der Waals surface area contributed by atoms with Crippen LogP contribution in [0.5, 0.6) is 0 Å². The summed E-state index contributed by atoms with van der Waals surface area (Å²) < 4.78 is 6.89. The monoisotopic (exact) mass is 535 g/mol. The number of nitrogens with zero attached hydrogens (tertiary/aromatic N) is 3. The lowest BCUT2D eigenvalue weighted by Crippen LogP contribution is -2.59. The summed E-state index contributed by atoms with van der Waals surface area (Å²) in [5, 5.41) is 10.5. The minimum absolute atomic E-state index is 0.0508. The van der Waals surface area contributed by atoms with Gasteiger partial charge in [0, 0.05) is 26.2 Å². The Morgan fingerprint density at radius 1 is 0.974 bits per heavy atom. The zero-order chi connectivity index (χ0) is 27.9. The van der Waals surface area contributed by atoms with E-state index in [9.17, 15) is 19.5 Å². The maximum atomic E-state index is 14.5. The zero-order valence-electron chi connectivity index (χ0n) is 23.5. The maximum absolute atomic E-state index is 14.5. The summed E-state index contributed by atoms with van der Waals surface area (Å²) >= 11 is 0. The lowest BCUT2D eigenvalue weighted by atomic mass is 9.74. The number of benzene rings is 1. The Bertz CT molecular complexity index is 1170. The van der Waals surface area contributed by atoms with Crippen LogP contribution in [0.3, 0.4) is 0 Å². The van der Waals surface area contributed by atoms with Gasteiger partial charge in [0.05, 0.1) is 30.1 Å². The van der Waals surface area contributed by atoms with E-state index in [-0.39, 0.29) is 30.2 Å². The quantitative estimate of drug-likeness (QED) is 0.517. The van der Waals surface area contributed by atoms with Gasteiger partial charge in [0.25, 0.3) is 0 Å². The summed E-state index contributed by atoms with van der Waals surface area (Å²) in [6, 6.07) is 8.22. The second kappa shape index (κ2) is 10.5. The van der Waals surface area contributed by atoms with Crippen LogP contribution >= 0.6 is 0 Å². The molecule has 39 heavy (non-hydrogen) atoms. The molecule has 1 aromatic rings. The molecule has 0 bridgehead atoms. The first kappa shape index (κ1) is 27.6. The highest BCUT2D eigenvalue weighted by Gasteiger charge is 2.75. The number of likely N-dealkylation sites (tertiary alicyclic amines) is 1. The zero-order valence-corrected chi connectivity index (χ0v) is 23.5. The third-order valence-corrected chi connectivity index (χ3v) is 9.22. The van der Waals surface area contributed by atoms with E-state index >= 15 is 0 Å². The topological polar surface area (TPSA) is 90.4 Å². The smallest absolute Gasteiger partial charge is 0.249 e. The summed E-state index contributed by atoms with van der Waals surface area (Å²) in [6.07, 6.45) is 9.17. The number of carbonyl (C=O) groups is 3. The molecule has 2 saturated heterocycles. The van der Waals surface area contributed by atoms with E-state index in [0.29, 0.717) is 26.2 Å². The molecule has 210 valence electrons. The van der Waals surface area contributed by atoms with Crippen LogP contribution in [0.1, 0.15) is 46.1 Å². The second-order valence-electron chi connectivity index (χ2n) is 11.7. The molecule has 8 heteroatoms. The predicted molar refractivity (Wildman–Crippen MR) is 147 cm³/mol. The van der Waals surface area contributed by atoms with Gasteiger partial charge in [-0.2, -0.15) is 0 Å². The average molecular weight is 536 g/mol. The molecule has 1 unspecified atom stereocenters. The number of carbonyl (C=O) groups excluding carboxylic acids is 3. The van der Waals surface area contributed by atoms with Crippen LogP contribution in [0, 0.1) is 17.8 Å². The van der Waals surface area contributed by atoms with Crippen molar-refractivity contribution in [1.82, 2.24) is 14.7 Å². The highest BCUT2D eigenvalue weighted by Crippen LogP contribution is 2.58. The molecule has 0 aliphatic carbocycles. The van der Waals surface area contributed by atoms with E-state index in [1.54, 1.807) is 14.7 Å². The summed E-state index contributed by atoms with van der Waals surface area (Å²) in [7, 11) is 0. The number of amides is 3. The predicted octanol–water partition coefficient (Wildman–Crippen LogP) is 2.77. The first-order chi connectivity index (χ1) is 18.7. The molecule has 8 nitrogen and oxygen atoms in total. The van der Waals surface area contributed by atoms with Gasteiger partial charge in [-0.15, -0.1) is 0 Å². The maximum Gasteiger partial charge on any atom is 0.249 e. The highest BCUT2D eigenvalue weighted by atomic mass is 16.5. The van der Waals surface area contributed by atoms with E-state index in [1.807, 2.05) is 82.3 Å². The lowest BCUT2D eigenvalue weighted by Gasteiger charge is -2.41. The highest BCUT2D eigenvalue weighted by molar-refractivity contribution is 6.00. The fraction of sp³-hybridized carbons (Fsp3) is 0.581. The van der Waals surface area contributed by atoms with Crippen LogP contribution in [-0.4, -0.2) is 87.1 Å². The number of aliphatic hydroxyl groups is 1. The van der Waals surface area contributed by atoms with Gasteiger partial charge in [-0.25, -0.2) is 0 Å². The van der Waals surface area contributed by atoms with Gasteiger partial charge in [-0.1, -0.05) is 81.8 Å². The molecule has 0 saturated carbocycles. The fourth-order valence-electron chi connectivity index (χ4n) is 7.15. The fourth-order valence-corrected chi connectivity index (χ4v) is 7.15. The van der Waals surface area contributed by atoms with Crippen LogP contribution in [0.25, 0.3) is 0 Å². The molecule has 0 aromatic heterocycles. The summed E-state index contributed by atoms with van der Waals surface area (Å²) in [4.78, 5) is 48.2. The molecule has 5 rings (SSSR count). The molecule has 4 heterocycles. The van der Waals surface area contributed by atoms with Crippen molar-refractivity contribution in [2.45, 2.75) is 70.4 Å². The van der Waals surface area contributed by atoms with Gasteiger partial charge >= 0.3 is 0 Å². The van der Waals surface area contributed by atoms with E-state index in [1.165, 1.54) is 0 Å². The molecule has 3 amide bonds. The van der Waals surface area contributed by atoms with Crippen LogP contribution in [0.4, 0.5) is 0 Å². The van der Waals surface area contributed by atoms with Crippen LogP contribution in [-0.2, 0) is 25.7 Å². The standard InChI is InChI=1S/C31H41N3O5/c1-5-16-32-17-10-14-30(4)24(27(32)36)25-28(37)34(23(20-35)21(3)6-2)26-29(38)33(18-11-15-31(25,26)39-30)19-22-12-8-7-9-13-22/h7-15,21,23-26,35H,5-6,16-20H2,1-4H3/t21-,23-,24+,25-,26?,30-,31-/m0/s1. The number of ether oxygens (including phenoxy) is 1. The van der Waals surface area contributed by atoms with Crippen molar-refractivity contribution in [3.8, 4) is 0 Å². The number of aliphatic hydroxyl groups excluding tert-OH is 1. The molecule has 2 fully saturated rings. The molecule has 0 radical (unpaired) electrons. The first-order valence-corrected chi connectivity index (χ1v) is 14.3. The van der Waals surface area contributed by atoms with Crippen LogP contribution < -0.4 is 0 Å². The molecule has 4 aliphatic rings. The Morgan fingerprint density at radius 2 is 1.67 bits per heavy atom. The van der Waals surface area contributed by atoms with Gasteiger partial charge in [0.15, 0.2) is 0 Å². The Hall–Kier alpha value is -2.97. The Labute approximate surface area is 231 Å². The number of rotatable bonds is 8. The van der Waals surface area contributed by atoms with Gasteiger partial charge in [0.2, 0.25) is 17.7 Å². The van der Waals surface area contributed by atoms with Crippen molar-refractivity contribution < 1.29 is 24.2 Å². The van der Waals surface area contributed by atoms with E-state index < -0.39 is 35.1 Å². The first-order valence-electron chi connectivity index (χ1n) is 14.3. The van der Waals surface area contributed by atoms with E-state index in [2.05, 4.69) is 0 Å². The normalized spacial score (nSPS) is 33.5. The molecule has 1 aromatic carbocycles. The summed E-state index contributed by atoms with van der Waals surface area (Å²) in [6.45, 7) is 9.43. The molecular formula is C31H41N3O5. The van der Waals surface area contributed by atoms with Crippen molar-refractivity contribution >= 4 is 17.7 Å². The minimum Gasteiger partial charge on any atom is -0.394 e. The van der Waals surface area contributed by atoms with Gasteiger partial charge < -0.3 is 24.5 Å². The largest absolute Gasteiger partial charge is 0.394 e. The second-order valence-corrected chi connectivity index (χ2v) is 11.7. The number of hydrogen-bond donors (Lipinski definition) is 1. The van der Waals surface area contributed by atoms with Gasteiger partial charge in [-0.3, -0.25) is 14.4 Å². The van der Waals surface area contributed by atoms with Gasteiger partial charge in [-0.05, 0) is 24.8 Å². The summed E-state index contributed by atoms with van der Waals surface area (Å²) in [5.74, 6) is -2.30. The Kier molecular flexibility index (Phi) is 7.46. The molecule has 1 N–H and O–H groups in total. The molecule has 4 aliphatic heterocycles. The van der Waals surface area contributed by atoms with Crippen LogP contribution in [0.2, 0.25) is 0 Å². The van der Waals surface area contributed by atoms with Crippen molar-refractivity contribution in [2.24, 2.45) is 17.8 Å². The van der Waals surface area contributed by atoms with Crippen molar-refractivity contribution in [2.75, 3.05) is 26.2 Å². The Balaban J connectivity index is 1.64. The number of hydrogen-bond acceptors (Lipinski definition) is 5. The van der Waals surface area contributed by atoms with E-state index in [0.717, 1.165) is 18.4 Å². The third kappa shape index (κ3) is 4.32. The minimum atomic E-state index is -1.31. The summed E-state index contributed by atoms with van der Waals surface area (Å²) in [5.41, 5.74) is -1.36. The molecule has 7 atom stereocenters. The van der Waals surface area contributed by atoms with Crippen molar-refractivity contribution in [3.05, 3.63) is 60.2 Å². The SMILES string of the molecule is CCCN1CC=C[C@]2(C)O[C@]34C=CCN(Cc5ccccc5)C(=O)C3N([C@@H](CO)[C@@H](C)CC)C(=O)[C@@H]4[C@@H]2C1=O. The lowest BCUT2D eigenvalue weighted by molar-refractivity contribution is -0.157. The van der Waals surface area contributed by atoms with Crippen molar-refractivity contribution in [1.29, 1.82) is 0 Å². The molecule has 1 spiro atoms. The van der Waals surface area contributed by atoms with Gasteiger partial charge in [0.1, 0.15) is 11.6 Å². The third-order valence-electron chi connectivity index (χ3n) is 9.22. The number of fused-ring (bicyclic) bond motifs is 2. The molecular weight excluding hydrogens is 494 g/mol. The Morgan fingerprint density at radius 3 is 2.33 bits per heavy atom. The van der Waals surface area contributed by atoms with Crippen molar-refractivity contribution in [3.63, 3.8) is 0 Å². The average Bonchev–Trinajstić information content (AvgIpc) is 3.20.